The van der Waals surface area contributed by atoms with Crippen molar-refractivity contribution in [3.8, 4) is 0 Å². The van der Waals surface area contributed by atoms with Gasteiger partial charge in [-0.25, -0.2) is 0 Å². The summed E-state index contributed by atoms with van der Waals surface area (Å²) in [6, 6.07) is 0.273. The van der Waals surface area contributed by atoms with Gasteiger partial charge in [-0.3, -0.25) is 4.79 Å². The van der Waals surface area contributed by atoms with Crippen LogP contribution in [0.15, 0.2) is 0 Å². The smallest absolute Gasteiger partial charge is 0.220 e. The fourth-order valence-corrected chi connectivity index (χ4v) is 2.04. The average Bonchev–Trinajstić information content (AvgIpc) is 2.19. The molecule has 1 N–H and O–H groups in total. The molecule has 0 radical (unpaired) electrons. The van der Waals surface area contributed by atoms with E-state index in [0.717, 1.165) is 6.42 Å². The minimum absolute atomic E-state index is 0.206. The first-order valence-electron chi connectivity index (χ1n) is 7.60. The summed E-state index contributed by atoms with van der Waals surface area (Å²) in [5, 5.41) is 2.93. The fourth-order valence-electron chi connectivity index (χ4n) is 2.04. The first-order valence-corrected chi connectivity index (χ1v) is 7.60. The molecule has 0 aromatic carbocycles. The van der Waals surface area contributed by atoms with Crippen LogP contribution in [0.2, 0.25) is 0 Å². The van der Waals surface area contributed by atoms with E-state index in [0.29, 0.717) is 11.8 Å². The lowest BCUT2D eigenvalue weighted by Crippen LogP contribution is -2.29. The van der Waals surface area contributed by atoms with E-state index in [1.54, 1.807) is 0 Å². The Morgan fingerprint density at radius 3 is 1.94 bits per heavy atom. The van der Waals surface area contributed by atoms with Gasteiger partial charge in [0.2, 0.25) is 5.91 Å². The maximum Gasteiger partial charge on any atom is 0.220 e. The molecule has 0 rings (SSSR count). The van der Waals surface area contributed by atoms with Gasteiger partial charge in [0.25, 0.3) is 0 Å². The largest absolute Gasteiger partial charge is 0.354 e. The summed E-state index contributed by atoms with van der Waals surface area (Å²) in [4.78, 5) is 11.4. The predicted molar refractivity (Wildman–Crippen MR) is 79.7 cm³/mol. The van der Waals surface area contributed by atoms with Crippen molar-refractivity contribution in [3.63, 3.8) is 0 Å². The van der Waals surface area contributed by atoms with Crippen LogP contribution < -0.4 is 5.32 Å². The molecule has 0 saturated heterocycles. The van der Waals surface area contributed by atoms with E-state index in [1.165, 1.54) is 38.5 Å². The van der Waals surface area contributed by atoms with Crippen LogP contribution in [-0.2, 0) is 4.79 Å². The Morgan fingerprint density at radius 2 is 1.44 bits per heavy atom. The SMILES string of the molecule is CC(C)NC(=O)CCCCCCCCC(C)(C)C. The number of amides is 1. The van der Waals surface area contributed by atoms with Crippen LogP contribution in [-0.4, -0.2) is 11.9 Å². The van der Waals surface area contributed by atoms with Crippen LogP contribution in [0.4, 0.5) is 0 Å². The molecular weight excluding hydrogens is 222 g/mol. The fraction of sp³-hybridized carbons (Fsp3) is 0.938. The Balaban J connectivity index is 3.24. The van der Waals surface area contributed by atoms with Gasteiger partial charge in [0.1, 0.15) is 0 Å². The first-order chi connectivity index (χ1) is 8.31. The Hall–Kier alpha value is -0.530. The Bertz CT molecular complexity index is 216. The number of hydrogen-bond donors (Lipinski definition) is 1. The van der Waals surface area contributed by atoms with E-state index in [2.05, 4.69) is 26.1 Å². The van der Waals surface area contributed by atoms with Gasteiger partial charge in [0.15, 0.2) is 0 Å². The molecule has 0 atom stereocenters. The maximum absolute atomic E-state index is 11.4. The Morgan fingerprint density at radius 1 is 0.944 bits per heavy atom. The van der Waals surface area contributed by atoms with Gasteiger partial charge in [0.05, 0.1) is 0 Å². The zero-order valence-electron chi connectivity index (χ0n) is 13.1. The monoisotopic (exact) mass is 255 g/mol. The van der Waals surface area contributed by atoms with Crippen molar-refractivity contribution in [1.82, 2.24) is 5.32 Å². The Labute approximate surface area is 114 Å². The molecular formula is C16H33NO. The van der Waals surface area contributed by atoms with Crippen molar-refractivity contribution in [2.75, 3.05) is 0 Å². The van der Waals surface area contributed by atoms with Crippen LogP contribution >= 0.6 is 0 Å². The Kier molecular flexibility index (Phi) is 9.13. The van der Waals surface area contributed by atoms with Gasteiger partial charge in [-0.1, -0.05) is 52.9 Å². The molecule has 2 nitrogen and oxygen atoms in total. The first kappa shape index (κ1) is 17.5. The van der Waals surface area contributed by atoms with Crippen LogP contribution in [0.3, 0.4) is 0 Å². The molecule has 0 aliphatic heterocycles. The third-order valence-electron chi connectivity index (χ3n) is 3.03. The minimum atomic E-state index is 0.206. The zero-order chi connectivity index (χ0) is 14.0. The molecule has 2 heteroatoms. The van der Waals surface area contributed by atoms with Gasteiger partial charge < -0.3 is 5.32 Å². The van der Waals surface area contributed by atoms with Crippen molar-refractivity contribution in [2.24, 2.45) is 5.41 Å². The van der Waals surface area contributed by atoms with Gasteiger partial charge in [-0.15, -0.1) is 0 Å². The summed E-state index contributed by atoms with van der Waals surface area (Å²) >= 11 is 0. The molecule has 0 aliphatic rings. The average molecular weight is 255 g/mol. The number of rotatable bonds is 9. The third kappa shape index (κ3) is 13.5. The number of carbonyl (C=O) groups excluding carboxylic acids is 1. The molecule has 0 spiro atoms. The van der Waals surface area contributed by atoms with Crippen LogP contribution in [0.5, 0.6) is 0 Å². The predicted octanol–water partition coefficient (Wildman–Crippen LogP) is 4.68. The second-order valence-electron chi connectivity index (χ2n) is 6.90. The van der Waals surface area contributed by atoms with E-state index in [1.807, 2.05) is 13.8 Å². The summed E-state index contributed by atoms with van der Waals surface area (Å²) in [7, 11) is 0. The molecule has 0 unspecified atom stereocenters. The highest BCUT2D eigenvalue weighted by Gasteiger charge is 2.08. The minimum Gasteiger partial charge on any atom is -0.354 e. The highest BCUT2D eigenvalue weighted by molar-refractivity contribution is 5.76. The number of carbonyl (C=O) groups is 1. The lowest BCUT2D eigenvalue weighted by Gasteiger charge is -2.17. The quantitative estimate of drug-likeness (QED) is 0.596. The molecule has 18 heavy (non-hydrogen) atoms. The standard InChI is InChI=1S/C16H33NO/c1-14(2)17-15(18)12-10-8-6-7-9-11-13-16(3,4)5/h14H,6-13H2,1-5H3,(H,17,18). The summed E-state index contributed by atoms with van der Waals surface area (Å²) < 4.78 is 0. The summed E-state index contributed by atoms with van der Waals surface area (Å²) in [6.07, 6.45) is 9.54. The van der Waals surface area contributed by atoms with Gasteiger partial charge in [-0.05, 0) is 32.1 Å². The van der Waals surface area contributed by atoms with Crippen molar-refractivity contribution in [2.45, 2.75) is 92.0 Å². The van der Waals surface area contributed by atoms with E-state index in [9.17, 15) is 4.79 Å². The molecule has 108 valence electrons. The normalized spacial score (nSPS) is 11.9. The van der Waals surface area contributed by atoms with E-state index in [-0.39, 0.29) is 11.9 Å². The lowest BCUT2D eigenvalue weighted by molar-refractivity contribution is -0.121. The van der Waals surface area contributed by atoms with Crippen molar-refractivity contribution < 1.29 is 4.79 Å². The maximum atomic E-state index is 11.4. The van der Waals surface area contributed by atoms with Crippen molar-refractivity contribution in [3.05, 3.63) is 0 Å². The number of unbranched alkanes of at least 4 members (excludes halogenated alkanes) is 5. The second-order valence-corrected chi connectivity index (χ2v) is 6.90. The number of nitrogens with one attached hydrogen (secondary N) is 1. The molecule has 0 saturated carbocycles. The van der Waals surface area contributed by atoms with Crippen LogP contribution in [0, 0.1) is 5.41 Å². The van der Waals surface area contributed by atoms with Crippen LogP contribution in [0.1, 0.15) is 86.0 Å². The topological polar surface area (TPSA) is 29.1 Å². The highest BCUT2D eigenvalue weighted by Crippen LogP contribution is 2.22. The van der Waals surface area contributed by atoms with Gasteiger partial charge in [0, 0.05) is 12.5 Å². The molecule has 0 fully saturated rings. The van der Waals surface area contributed by atoms with Crippen molar-refractivity contribution >= 4 is 5.91 Å². The molecule has 1 amide bonds. The summed E-state index contributed by atoms with van der Waals surface area (Å²) in [5.74, 6) is 0.206. The molecule has 0 aromatic rings. The molecule has 0 aliphatic carbocycles. The van der Waals surface area contributed by atoms with Gasteiger partial charge >= 0.3 is 0 Å². The van der Waals surface area contributed by atoms with Crippen LogP contribution in [0.25, 0.3) is 0 Å². The molecule has 0 aromatic heterocycles. The van der Waals surface area contributed by atoms with E-state index < -0.39 is 0 Å². The van der Waals surface area contributed by atoms with E-state index in [4.69, 9.17) is 0 Å². The second kappa shape index (κ2) is 9.41. The van der Waals surface area contributed by atoms with E-state index >= 15 is 0 Å². The zero-order valence-corrected chi connectivity index (χ0v) is 13.1. The summed E-state index contributed by atoms with van der Waals surface area (Å²) in [5.41, 5.74) is 0.481. The lowest BCUT2D eigenvalue weighted by atomic mass is 9.89. The molecule has 0 heterocycles. The third-order valence-corrected chi connectivity index (χ3v) is 3.03. The summed E-state index contributed by atoms with van der Waals surface area (Å²) in [6.45, 7) is 10.9. The number of hydrogen-bond acceptors (Lipinski definition) is 1. The highest BCUT2D eigenvalue weighted by atomic mass is 16.1. The molecule has 0 bridgehead atoms. The van der Waals surface area contributed by atoms with Crippen molar-refractivity contribution in [1.29, 1.82) is 0 Å². The van der Waals surface area contributed by atoms with Gasteiger partial charge in [-0.2, -0.15) is 0 Å².